The van der Waals surface area contributed by atoms with Crippen molar-refractivity contribution >= 4 is 40.1 Å². The maximum absolute atomic E-state index is 11.9. The van der Waals surface area contributed by atoms with Crippen LogP contribution in [0.3, 0.4) is 0 Å². The Morgan fingerprint density at radius 3 is 2.67 bits per heavy atom. The molecule has 0 aliphatic carbocycles. The van der Waals surface area contributed by atoms with Crippen molar-refractivity contribution in [3.8, 4) is 6.07 Å². The number of pyridine rings is 1. The summed E-state index contributed by atoms with van der Waals surface area (Å²) >= 11 is 6.04. The van der Waals surface area contributed by atoms with Crippen molar-refractivity contribution in [3.63, 3.8) is 0 Å². The van der Waals surface area contributed by atoms with Crippen molar-refractivity contribution in [3.05, 3.63) is 75.8 Å². The van der Waals surface area contributed by atoms with Crippen molar-refractivity contribution in [1.82, 2.24) is 9.38 Å². The number of fused-ring (bicyclic) bond motifs is 3. The first-order valence-electron chi connectivity index (χ1n) is 9.41. The van der Waals surface area contributed by atoms with Crippen LogP contribution in [0.4, 0.5) is 5.82 Å². The first-order chi connectivity index (χ1) is 14.5. The van der Waals surface area contributed by atoms with E-state index in [1.807, 2.05) is 59.9 Å². The molecule has 0 unspecified atom stereocenters. The number of aromatic nitrogens is 2. The number of benzene rings is 2. The van der Waals surface area contributed by atoms with E-state index < -0.39 is 0 Å². The standard InChI is InChI=1S/C23H19ClN4O2/c1-14-17(11-15-7-9-16(24)10-8-15)22(26-13-21(29)30-2)28-20-6-4-3-5-19(20)27-23(28)18(14)12-25/h3-10,26H,11,13H2,1-2H3. The lowest BCUT2D eigenvalue weighted by atomic mass is 9.98. The van der Waals surface area contributed by atoms with E-state index in [2.05, 4.69) is 16.4 Å². The zero-order valence-corrected chi connectivity index (χ0v) is 17.3. The predicted octanol–water partition coefficient (Wildman–Crippen LogP) is 4.50. The number of hydrogen-bond acceptors (Lipinski definition) is 5. The molecule has 6 nitrogen and oxygen atoms in total. The van der Waals surface area contributed by atoms with Gasteiger partial charge in [-0.3, -0.25) is 9.20 Å². The first kappa shape index (κ1) is 19.7. The molecule has 4 rings (SSSR count). The number of para-hydroxylation sites is 2. The van der Waals surface area contributed by atoms with E-state index in [9.17, 15) is 10.1 Å². The maximum Gasteiger partial charge on any atom is 0.325 e. The minimum atomic E-state index is -0.382. The second-order valence-electron chi connectivity index (χ2n) is 6.93. The highest BCUT2D eigenvalue weighted by Crippen LogP contribution is 2.32. The average molecular weight is 419 g/mol. The zero-order chi connectivity index (χ0) is 21.3. The highest BCUT2D eigenvalue weighted by atomic mass is 35.5. The van der Waals surface area contributed by atoms with E-state index in [-0.39, 0.29) is 12.5 Å². The van der Waals surface area contributed by atoms with Gasteiger partial charge in [-0.05, 0) is 42.3 Å². The maximum atomic E-state index is 11.9. The molecule has 0 aliphatic heterocycles. The number of hydrogen-bond donors (Lipinski definition) is 1. The van der Waals surface area contributed by atoms with Gasteiger partial charge < -0.3 is 10.1 Å². The number of carbonyl (C=O) groups excluding carboxylic acids is 1. The van der Waals surface area contributed by atoms with Crippen LogP contribution in [-0.2, 0) is 16.0 Å². The molecule has 0 spiro atoms. The molecule has 150 valence electrons. The number of methoxy groups -OCH3 is 1. The number of nitriles is 1. The number of imidazole rings is 1. The summed E-state index contributed by atoms with van der Waals surface area (Å²) in [4.78, 5) is 16.5. The fourth-order valence-corrected chi connectivity index (χ4v) is 3.75. The number of halogens is 1. The topological polar surface area (TPSA) is 79.4 Å². The van der Waals surface area contributed by atoms with Crippen LogP contribution in [-0.4, -0.2) is 29.0 Å². The third-order valence-electron chi connectivity index (χ3n) is 5.16. The lowest BCUT2D eigenvalue weighted by molar-refractivity contribution is -0.138. The van der Waals surface area contributed by atoms with Crippen LogP contribution < -0.4 is 5.32 Å². The molecule has 7 heteroatoms. The summed E-state index contributed by atoms with van der Waals surface area (Å²) < 4.78 is 6.72. The Hall–Kier alpha value is -3.56. The van der Waals surface area contributed by atoms with Crippen molar-refractivity contribution in [2.24, 2.45) is 0 Å². The number of nitrogens with one attached hydrogen (secondary N) is 1. The van der Waals surface area contributed by atoms with E-state index in [4.69, 9.17) is 16.3 Å². The lowest BCUT2D eigenvalue weighted by Gasteiger charge is -2.18. The van der Waals surface area contributed by atoms with Crippen LogP contribution in [0.25, 0.3) is 16.7 Å². The molecule has 1 N–H and O–H groups in total. The SMILES string of the molecule is COC(=O)CNc1c(Cc2ccc(Cl)cc2)c(C)c(C#N)c2nc3ccccc3n12. The Kier molecular flexibility index (Phi) is 5.30. The summed E-state index contributed by atoms with van der Waals surface area (Å²) in [6.07, 6.45) is 0.559. The van der Waals surface area contributed by atoms with E-state index in [0.29, 0.717) is 22.7 Å². The molecule has 0 saturated heterocycles. The Labute approximate surface area is 178 Å². The lowest BCUT2D eigenvalue weighted by Crippen LogP contribution is -2.19. The van der Waals surface area contributed by atoms with E-state index >= 15 is 0 Å². The molecule has 2 aromatic heterocycles. The van der Waals surface area contributed by atoms with E-state index in [1.165, 1.54) is 7.11 Å². The Morgan fingerprint density at radius 2 is 1.97 bits per heavy atom. The number of esters is 1. The largest absolute Gasteiger partial charge is 0.468 e. The summed E-state index contributed by atoms with van der Waals surface area (Å²) in [5.41, 5.74) is 5.47. The molecule has 0 bridgehead atoms. The van der Waals surface area contributed by atoms with Gasteiger partial charge in [-0.25, -0.2) is 4.98 Å². The molecule has 0 atom stereocenters. The Bertz CT molecular complexity index is 1300. The summed E-state index contributed by atoms with van der Waals surface area (Å²) in [7, 11) is 1.35. The van der Waals surface area contributed by atoms with Crippen LogP contribution >= 0.6 is 11.6 Å². The summed E-state index contributed by atoms with van der Waals surface area (Å²) in [6.45, 7) is 1.91. The molecule has 0 fully saturated rings. The van der Waals surface area contributed by atoms with Crippen molar-refractivity contribution in [2.45, 2.75) is 13.3 Å². The summed E-state index contributed by atoms with van der Waals surface area (Å²) in [5, 5.41) is 13.8. The van der Waals surface area contributed by atoms with E-state index in [0.717, 1.165) is 33.5 Å². The second kappa shape index (κ2) is 8.05. The highest BCUT2D eigenvalue weighted by molar-refractivity contribution is 6.30. The van der Waals surface area contributed by atoms with Gasteiger partial charge in [0, 0.05) is 17.0 Å². The first-order valence-corrected chi connectivity index (χ1v) is 9.79. The highest BCUT2D eigenvalue weighted by Gasteiger charge is 2.21. The van der Waals surface area contributed by atoms with Gasteiger partial charge in [-0.1, -0.05) is 35.9 Å². The molecule has 0 radical (unpaired) electrons. The normalized spacial score (nSPS) is 10.9. The Morgan fingerprint density at radius 1 is 1.23 bits per heavy atom. The van der Waals surface area contributed by atoms with Gasteiger partial charge in [0.2, 0.25) is 0 Å². The molecule has 2 aromatic carbocycles. The van der Waals surface area contributed by atoms with Gasteiger partial charge in [0.25, 0.3) is 0 Å². The van der Waals surface area contributed by atoms with Crippen LogP contribution in [0, 0.1) is 18.3 Å². The van der Waals surface area contributed by atoms with Gasteiger partial charge in [0.1, 0.15) is 18.4 Å². The molecule has 0 saturated carbocycles. The molecule has 0 amide bonds. The number of nitrogens with zero attached hydrogens (tertiary/aromatic N) is 3. The zero-order valence-electron chi connectivity index (χ0n) is 16.6. The van der Waals surface area contributed by atoms with E-state index in [1.54, 1.807) is 0 Å². The molecule has 2 heterocycles. The number of anilines is 1. The second-order valence-corrected chi connectivity index (χ2v) is 7.37. The van der Waals surface area contributed by atoms with Crippen LogP contribution in [0.1, 0.15) is 22.3 Å². The van der Waals surface area contributed by atoms with Crippen LogP contribution in [0.5, 0.6) is 0 Å². The fourth-order valence-electron chi connectivity index (χ4n) is 3.62. The van der Waals surface area contributed by atoms with Gasteiger partial charge in [0.15, 0.2) is 5.65 Å². The van der Waals surface area contributed by atoms with Crippen molar-refractivity contribution < 1.29 is 9.53 Å². The van der Waals surface area contributed by atoms with Crippen molar-refractivity contribution in [1.29, 1.82) is 5.26 Å². The number of rotatable bonds is 5. The third-order valence-corrected chi connectivity index (χ3v) is 5.41. The number of carbonyl (C=O) groups is 1. The quantitative estimate of drug-likeness (QED) is 0.483. The summed E-state index contributed by atoms with van der Waals surface area (Å²) in [6, 6.07) is 17.6. The minimum absolute atomic E-state index is 0.00291. The van der Waals surface area contributed by atoms with Crippen LogP contribution in [0.15, 0.2) is 48.5 Å². The van der Waals surface area contributed by atoms with Gasteiger partial charge in [0.05, 0.1) is 23.7 Å². The fraction of sp³-hybridized carbons (Fsp3) is 0.174. The van der Waals surface area contributed by atoms with Gasteiger partial charge in [-0.15, -0.1) is 0 Å². The monoisotopic (exact) mass is 418 g/mol. The Balaban J connectivity index is 2.00. The average Bonchev–Trinajstić information content (AvgIpc) is 3.14. The molecule has 0 aliphatic rings. The third kappa shape index (κ3) is 3.44. The molecular weight excluding hydrogens is 400 g/mol. The number of ether oxygens (including phenoxy) is 1. The van der Waals surface area contributed by atoms with Gasteiger partial charge in [-0.2, -0.15) is 5.26 Å². The molecule has 30 heavy (non-hydrogen) atoms. The molecule has 4 aromatic rings. The minimum Gasteiger partial charge on any atom is -0.468 e. The van der Waals surface area contributed by atoms with Crippen LogP contribution in [0.2, 0.25) is 5.02 Å². The molecular formula is C23H19ClN4O2. The summed E-state index contributed by atoms with van der Waals surface area (Å²) in [5.74, 6) is 0.336. The smallest absolute Gasteiger partial charge is 0.325 e. The predicted molar refractivity (Wildman–Crippen MR) is 117 cm³/mol. The van der Waals surface area contributed by atoms with Gasteiger partial charge >= 0.3 is 5.97 Å². The van der Waals surface area contributed by atoms with Crippen molar-refractivity contribution in [2.75, 3.05) is 19.0 Å².